The Morgan fingerprint density at radius 3 is 3.00 bits per heavy atom. The van der Waals surface area contributed by atoms with E-state index in [1.54, 1.807) is 6.07 Å². The molecule has 2 aromatic rings. The molecule has 0 aromatic carbocycles. The summed E-state index contributed by atoms with van der Waals surface area (Å²) in [5.41, 5.74) is -0.174. The van der Waals surface area contributed by atoms with Crippen molar-refractivity contribution < 1.29 is 18.3 Å². The molecule has 4 heterocycles. The molecule has 128 valence electrons. The van der Waals surface area contributed by atoms with Gasteiger partial charge in [-0.3, -0.25) is 4.90 Å². The fourth-order valence-electron chi connectivity index (χ4n) is 3.64. The second-order valence-corrected chi connectivity index (χ2v) is 6.66. The molecule has 0 radical (unpaired) electrons. The van der Waals surface area contributed by atoms with E-state index in [4.69, 9.17) is 13.9 Å². The fourth-order valence-corrected chi connectivity index (χ4v) is 3.64. The van der Waals surface area contributed by atoms with Crippen LogP contribution < -0.4 is 4.74 Å². The number of nitrogens with zero attached hydrogens (tertiary/aromatic N) is 2. The van der Waals surface area contributed by atoms with Crippen LogP contribution >= 0.6 is 0 Å². The number of rotatable bonds is 5. The molecule has 1 spiro atoms. The van der Waals surface area contributed by atoms with Crippen molar-refractivity contribution in [2.75, 3.05) is 26.3 Å². The van der Waals surface area contributed by atoms with E-state index in [0.29, 0.717) is 6.61 Å². The average Bonchev–Trinajstić information content (AvgIpc) is 3.13. The van der Waals surface area contributed by atoms with Crippen LogP contribution in [-0.4, -0.2) is 41.8 Å². The van der Waals surface area contributed by atoms with Crippen molar-refractivity contribution in [3.05, 3.63) is 47.8 Å². The SMILES string of the molecule is Cc1ccc(CN2CC3(C2)OCC[C@@H]3COc2ncccc2F)o1. The minimum Gasteiger partial charge on any atom is -0.475 e. The molecule has 0 saturated carbocycles. The molecular weight excluding hydrogens is 311 g/mol. The molecule has 0 amide bonds. The summed E-state index contributed by atoms with van der Waals surface area (Å²) in [6, 6.07) is 6.91. The average molecular weight is 332 g/mol. The molecule has 6 heteroatoms. The number of halogens is 1. The van der Waals surface area contributed by atoms with Gasteiger partial charge < -0.3 is 13.9 Å². The summed E-state index contributed by atoms with van der Waals surface area (Å²) in [6.07, 6.45) is 2.47. The maximum atomic E-state index is 13.6. The summed E-state index contributed by atoms with van der Waals surface area (Å²) in [5.74, 6) is 1.81. The summed E-state index contributed by atoms with van der Waals surface area (Å²) >= 11 is 0. The minimum atomic E-state index is -0.422. The van der Waals surface area contributed by atoms with Crippen LogP contribution in [0.25, 0.3) is 0 Å². The third-order valence-corrected chi connectivity index (χ3v) is 4.90. The van der Waals surface area contributed by atoms with Crippen molar-refractivity contribution in [1.29, 1.82) is 0 Å². The molecule has 4 rings (SSSR count). The number of aryl methyl sites for hydroxylation is 1. The van der Waals surface area contributed by atoms with E-state index in [1.165, 1.54) is 12.3 Å². The molecule has 2 aliphatic rings. The van der Waals surface area contributed by atoms with E-state index in [9.17, 15) is 4.39 Å². The smallest absolute Gasteiger partial charge is 0.250 e. The summed E-state index contributed by atoms with van der Waals surface area (Å²) < 4.78 is 30.9. The second kappa shape index (κ2) is 6.18. The number of hydrogen-bond acceptors (Lipinski definition) is 5. The van der Waals surface area contributed by atoms with Gasteiger partial charge in [0.05, 0.1) is 18.8 Å². The van der Waals surface area contributed by atoms with Crippen molar-refractivity contribution in [3.8, 4) is 5.88 Å². The van der Waals surface area contributed by atoms with Crippen LogP contribution in [0, 0.1) is 18.7 Å². The van der Waals surface area contributed by atoms with Crippen LogP contribution in [-0.2, 0) is 11.3 Å². The standard InChI is InChI=1S/C18H21FN2O3/c1-13-4-5-15(24-13)9-21-11-18(12-21)14(6-8-23-18)10-22-17-16(19)3-2-7-20-17/h2-5,7,14H,6,8-12H2,1H3/t14-/m1/s1. The number of hydrogen-bond donors (Lipinski definition) is 0. The van der Waals surface area contributed by atoms with Crippen molar-refractivity contribution in [2.45, 2.75) is 25.5 Å². The fraction of sp³-hybridized carbons (Fsp3) is 0.500. The number of pyridine rings is 1. The highest BCUT2D eigenvalue weighted by molar-refractivity contribution is 5.14. The molecule has 1 atom stereocenters. The zero-order chi connectivity index (χ0) is 16.6. The lowest BCUT2D eigenvalue weighted by atomic mass is 9.81. The van der Waals surface area contributed by atoms with Gasteiger partial charge in [0, 0.05) is 31.8 Å². The lowest BCUT2D eigenvalue weighted by Gasteiger charge is -2.49. The summed E-state index contributed by atoms with van der Waals surface area (Å²) in [5, 5.41) is 0. The highest BCUT2D eigenvalue weighted by atomic mass is 19.1. The molecule has 0 aliphatic carbocycles. The van der Waals surface area contributed by atoms with E-state index in [2.05, 4.69) is 9.88 Å². The summed E-state index contributed by atoms with van der Waals surface area (Å²) in [6.45, 7) is 5.61. The van der Waals surface area contributed by atoms with Gasteiger partial charge in [0.2, 0.25) is 5.88 Å². The third kappa shape index (κ3) is 2.91. The Morgan fingerprint density at radius 1 is 1.38 bits per heavy atom. The Kier molecular flexibility index (Phi) is 4.02. The summed E-state index contributed by atoms with van der Waals surface area (Å²) in [4.78, 5) is 6.25. The molecule has 2 aromatic heterocycles. The third-order valence-electron chi connectivity index (χ3n) is 4.90. The first-order chi connectivity index (χ1) is 11.6. The predicted molar refractivity (Wildman–Crippen MR) is 85.2 cm³/mol. The normalized spacial score (nSPS) is 22.7. The molecule has 2 fully saturated rings. The Balaban J connectivity index is 1.33. The lowest BCUT2D eigenvalue weighted by molar-refractivity contribution is -0.142. The van der Waals surface area contributed by atoms with Gasteiger partial charge >= 0.3 is 0 Å². The first-order valence-corrected chi connectivity index (χ1v) is 8.30. The van der Waals surface area contributed by atoms with Crippen molar-refractivity contribution in [1.82, 2.24) is 9.88 Å². The van der Waals surface area contributed by atoms with Gasteiger partial charge in [0.25, 0.3) is 0 Å². The van der Waals surface area contributed by atoms with Crippen LogP contribution in [0.15, 0.2) is 34.9 Å². The second-order valence-electron chi connectivity index (χ2n) is 6.66. The molecule has 2 saturated heterocycles. The van der Waals surface area contributed by atoms with Gasteiger partial charge in [-0.25, -0.2) is 9.37 Å². The first-order valence-electron chi connectivity index (χ1n) is 8.30. The zero-order valence-electron chi connectivity index (χ0n) is 13.7. The molecule has 0 N–H and O–H groups in total. The largest absolute Gasteiger partial charge is 0.475 e. The van der Waals surface area contributed by atoms with E-state index < -0.39 is 5.82 Å². The Labute approximate surface area is 140 Å². The van der Waals surface area contributed by atoms with Gasteiger partial charge in [-0.05, 0) is 37.6 Å². The van der Waals surface area contributed by atoms with Crippen molar-refractivity contribution >= 4 is 0 Å². The van der Waals surface area contributed by atoms with Crippen LogP contribution in [0.3, 0.4) is 0 Å². The van der Waals surface area contributed by atoms with E-state index in [0.717, 1.165) is 44.2 Å². The molecule has 0 unspecified atom stereocenters. The monoisotopic (exact) mass is 332 g/mol. The maximum Gasteiger partial charge on any atom is 0.250 e. The van der Waals surface area contributed by atoms with Gasteiger partial charge in [-0.1, -0.05) is 0 Å². The molecular formula is C18H21FN2O3. The molecule has 2 aliphatic heterocycles. The first kappa shape index (κ1) is 15.6. The maximum absolute atomic E-state index is 13.6. The van der Waals surface area contributed by atoms with Crippen LogP contribution in [0.5, 0.6) is 5.88 Å². The number of likely N-dealkylation sites (tertiary alicyclic amines) is 1. The Bertz CT molecular complexity index is 712. The van der Waals surface area contributed by atoms with E-state index in [-0.39, 0.29) is 17.4 Å². The van der Waals surface area contributed by atoms with Crippen LogP contribution in [0.4, 0.5) is 4.39 Å². The van der Waals surface area contributed by atoms with Gasteiger partial charge in [0.15, 0.2) is 5.82 Å². The number of aromatic nitrogens is 1. The van der Waals surface area contributed by atoms with E-state index in [1.807, 2.05) is 19.1 Å². The van der Waals surface area contributed by atoms with Crippen LogP contribution in [0.1, 0.15) is 17.9 Å². The number of ether oxygens (including phenoxy) is 2. The Morgan fingerprint density at radius 2 is 2.25 bits per heavy atom. The van der Waals surface area contributed by atoms with Gasteiger partial charge in [-0.2, -0.15) is 0 Å². The van der Waals surface area contributed by atoms with E-state index >= 15 is 0 Å². The summed E-state index contributed by atoms with van der Waals surface area (Å²) in [7, 11) is 0. The molecule has 0 bridgehead atoms. The lowest BCUT2D eigenvalue weighted by Crippen LogP contribution is -2.64. The minimum absolute atomic E-state index is 0.0711. The highest BCUT2D eigenvalue weighted by Gasteiger charge is 2.53. The number of furan rings is 1. The van der Waals surface area contributed by atoms with Crippen molar-refractivity contribution in [2.24, 2.45) is 5.92 Å². The van der Waals surface area contributed by atoms with Gasteiger partial charge in [0.1, 0.15) is 11.5 Å². The zero-order valence-corrected chi connectivity index (χ0v) is 13.7. The van der Waals surface area contributed by atoms with Crippen molar-refractivity contribution in [3.63, 3.8) is 0 Å². The quantitative estimate of drug-likeness (QED) is 0.843. The topological polar surface area (TPSA) is 47.7 Å². The highest BCUT2D eigenvalue weighted by Crippen LogP contribution is 2.40. The molecule has 5 nitrogen and oxygen atoms in total. The predicted octanol–water partition coefficient (Wildman–Crippen LogP) is 2.79. The Hall–Kier alpha value is -1.92. The van der Waals surface area contributed by atoms with Gasteiger partial charge in [-0.15, -0.1) is 0 Å². The van der Waals surface area contributed by atoms with Crippen LogP contribution in [0.2, 0.25) is 0 Å². The molecule has 24 heavy (non-hydrogen) atoms.